The third-order valence-corrected chi connectivity index (χ3v) is 4.00. The number of carbonyl (C=O) groups excluding carboxylic acids is 1. The third-order valence-electron chi connectivity index (χ3n) is 3.18. The molecule has 0 saturated carbocycles. The second kappa shape index (κ2) is 7.75. The summed E-state index contributed by atoms with van der Waals surface area (Å²) >= 11 is 1.61. The summed E-state index contributed by atoms with van der Waals surface area (Å²) in [6, 6.07) is 7.66. The number of ether oxygens (including phenoxy) is 1. The SMILES string of the molecule is CCN(C)C(=O)/C=C/c1cccc(OCc2csc(C)n2)c1. The van der Waals surface area contributed by atoms with Crippen LogP contribution >= 0.6 is 11.3 Å². The number of thiazole rings is 1. The molecular formula is C17H20N2O2S. The van der Waals surface area contributed by atoms with Crippen molar-refractivity contribution in [2.24, 2.45) is 0 Å². The average molecular weight is 316 g/mol. The number of likely N-dealkylation sites (N-methyl/N-ethyl adjacent to an activating group) is 1. The van der Waals surface area contributed by atoms with Gasteiger partial charge in [0.15, 0.2) is 0 Å². The molecule has 4 nitrogen and oxygen atoms in total. The molecule has 0 aliphatic rings. The van der Waals surface area contributed by atoms with Crippen molar-refractivity contribution >= 4 is 23.3 Å². The first-order valence-corrected chi connectivity index (χ1v) is 8.03. The Hall–Kier alpha value is -2.14. The molecule has 1 amide bonds. The van der Waals surface area contributed by atoms with Crippen molar-refractivity contribution in [2.75, 3.05) is 13.6 Å². The van der Waals surface area contributed by atoms with Gasteiger partial charge in [0.05, 0.1) is 10.7 Å². The van der Waals surface area contributed by atoms with Gasteiger partial charge in [0.25, 0.3) is 0 Å². The fraction of sp³-hybridized carbons (Fsp3) is 0.294. The molecule has 1 aromatic heterocycles. The summed E-state index contributed by atoms with van der Waals surface area (Å²) in [7, 11) is 1.78. The van der Waals surface area contributed by atoms with Gasteiger partial charge in [0, 0.05) is 25.0 Å². The van der Waals surface area contributed by atoms with Crippen LogP contribution in [0, 0.1) is 6.92 Å². The lowest BCUT2D eigenvalue weighted by Gasteiger charge is -2.10. The van der Waals surface area contributed by atoms with Crippen LogP contribution in [0.15, 0.2) is 35.7 Å². The molecule has 0 aliphatic carbocycles. The fourth-order valence-electron chi connectivity index (χ4n) is 1.79. The normalized spacial score (nSPS) is 10.9. The molecule has 0 saturated heterocycles. The van der Waals surface area contributed by atoms with Crippen molar-refractivity contribution in [1.29, 1.82) is 0 Å². The molecule has 0 radical (unpaired) electrons. The number of amides is 1. The van der Waals surface area contributed by atoms with E-state index in [0.717, 1.165) is 22.0 Å². The molecule has 0 fully saturated rings. The van der Waals surface area contributed by atoms with Gasteiger partial charge in [-0.15, -0.1) is 11.3 Å². The van der Waals surface area contributed by atoms with E-state index in [0.29, 0.717) is 13.2 Å². The maximum absolute atomic E-state index is 11.7. The molecule has 22 heavy (non-hydrogen) atoms. The van der Waals surface area contributed by atoms with Crippen LogP contribution < -0.4 is 4.74 Å². The highest BCUT2D eigenvalue weighted by molar-refractivity contribution is 7.09. The Morgan fingerprint density at radius 2 is 2.27 bits per heavy atom. The highest BCUT2D eigenvalue weighted by Crippen LogP contribution is 2.17. The van der Waals surface area contributed by atoms with Crippen LogP contribution in [0.4, 0.5) is 0 Å². The third kappa shape index (κ3) is 4.70. The smallest absolute Gasteiger partial charge is 0.246 e. The first-order valence-electron chi connectivity index (χ1n) is 7.15. The van der Waals surface area contributed by atoms with Gasteiger partial charge in [-0.1, -0.05) is 12.1 Å². The molecule has 0 N–H and O–H groups in total. The highest BCUT2D eigenvalue weighted by Gasteiger charge is 2.02. The number of carbonyl (C=O) groups is 1. The molecule has 2 rings (SSSR count). The van der Waals surface area contributed by atoms with Gasteiger partial charge < -0.3 is 9.64 Å². The maximum atomic E-state index is 11.7. The summed E-state index contributed by atoms with van der Waals surface area (Å²) in [5.74, 6) is 0.760. The van der Waals surface area contributed by atoms with Crippen LogP contribution in [0.25, 0.3) is 6.08 Å². The Morgan fingerprint density at radius 1 is 1.45 bits per heavy atom. The zero-order valence-electron chi connectivity index (χ0n) is 13.1. The molecule has 5 heteroatoms. The quantitative estimate of drug-likeness (QED) is 0.766. The van der Waals surface area contributed by atoms with E-state index < -0.39 is 0 Å². The number of nitrogens with zero attached hydrogens (tertiary/aromatic N) is 2. The molecule has 1 heterocycles. The van der Waals surface area contributed by atoms with Gasteiger partial charge in [-0.2, -0.15) is 0 Å². The second-order valence-corrected chi connectivity index (χ2v) is 5.97. The van der Waals surface area contributed by atoms with E-state index in [1.54, 1.807) is 35.4 Å². The number of benzene rings is 1. The summed E-state index contributed by atoms with van der Waals surface area (Å²) in [4.78, 5) is 17.8. The second-order valence-electron chi connectivity index (χ2n) is 4.90. The van der Waals surface area contributed by atoms with Gasteiger partial charge in [-0.25, -0.2) is 4.98 Å². The molecule has 0 unspecified atom stereocenters. The Kier molecular flexibility index (Phi) is 5.72. The Morgan fingerprint density at radius 3 is 2.95 bits per heavy atom. The zero-order valence-corrected chi connectivity index (χ0v) is 13.9. The average Bonchev–Trinajstić information content (AvgIpc) is 2.95. The predicted octanol–water partition coefficient (Wildman–Crippen LogP) is 3.52. The number of aryl methyl sites for hydroxylation is 1. The van der Waals surface area contributed by atoms with E-state index >= 15 is 0 Å². The summed E-state index contributed by atoms with van der Waals surface area (Å²) < 4.78 is 5.74. The van der Waals surface area contributed by atoms with Gasteiger partial charge in [0.2, 0.25) is 5.91 Å². The minimum absolute atomic E-state index is 0.00762. The van der Waals surface area contributed by atoms with Crippen LogP contribution in [0.5, 0.6) is 5.75 Å². The molecular weight excluding hydrogens is 296 g/mol. The predicted molar refractivity (Wildman–Crippen MR) is 90.0 cm³/mol. The molecule has 1 aromatic carbocycles. The van der Waals surface area contributed by atoms with Crippen molar-refractivity contribution in [2.45, 2.75) is 20.5 Å². The van der Waals surface area contributed by atoms with E-state index in [1.807, 2.05) is 43.5 Å². The van der Waals surface area contributed by atoms with Crippen LogP contribution in [-0.2, 0) is 11.4 Å². The van der Waals surface area contributed by atoms with Gasteiger partial charge in [-0.3, -0.25) is 4.79 Å². The van der Waals surface area contributed by atoms with Crippen LogP contribution in [0.1, 0.15) is 23.2 Å². The molecule has 0 bridgehead atoms. The standard InChI is InChI=1S/C17H20N2O2S/c1-4-19(3)17(20)9-8-14-6-5-7-16(10-14)21-11-15-12-22-13(2)18-15/h5-10,12H,4,11H2,1-3H3/b9-8+. The van der Waals surface area contributed by atoms with Crippen LogP contribution in [-0.4, -0.2) is 29.4 Å². The monoisotopic (exact) mass is 316 g/mol. The highest BCUT2D eigenvalue weighted by atomic mass is 32.1. The van der Waals surface area contributed by atoms with Crippen molar-refractivity contribution in [1.82, 2.24) is 9.88 Å². The van der Waals surface area contributed by atoms with Crippen LogP contribution in [0.2, 0.25) is 0 Å². The van der Waals surface area contributed by atoms with Crippen molar-refractivity contribution in [3.05, 3.63) is 52.0 Å². The van der Waals surface area contributed by atoms with Crippen molar-refractivity contribution in [3.63, 3.8) is 0 Å². The Labute approximate surface area is 135 Å². The number of hydrogen-bond acceptors (Lipinski definition) is 4. The first kappa shape index (κ1) is 16.2. The maximum Gasteiger partial charge on any atom is 0.246 e. The lowest BCUT2D eigenvalue weighted by atomic mass is 10.2. The zero-order chi connectivity index (χ0) is 15.9. The lowest BCUT2D eigenvalue weighted by Crippen LogP contribution is -2.23. The first-order chi connectivity index (χ1) is 10.6. The summed E-state index contributed by atoms with van der Waals surface area (Å²) in [5, 5.41) is 3.03. The van der Waals surface area contributed by atoms with E-state index in [-0.39, 0.29) is 5.91 Å². The van der Waals surface area contributed by atoms with Crippen molar-refractivity contribution in [3.8, 4) is 5.75 Å². The summed E-state index contributed by atoms with van der Waals surface area (Å²) in [5.41, 5.74) is 1.87. The number of aromatic nitrogens is 1. The number of rotatable bonds is 6. The van der Waals surface area contributed by atoms with E-state index in [1.165, 1.54) is 0 Å². The minimum atomic E-state index is -0.00762. The molecule has 116 valence electrons. The van der Waals surface area contributed by atoms with Gasteiger partial charge in [-0.05, 0) is 37.6 Å². The molecule has 2 aromatic rings. The lowest BCUT2D eigenvalue weighted by molar-refractivity contribution is -0.124. The van der Waals surface area contributed by atoms with E-state index in [9.17, 15) is 4.79 Å². The fourth-order valence-corrected chi connectivity index (χ4v) is 2.39. The molecule has 0 aliphatic heterocycles. The van der Waals surface area contributed by atoms with Gasteiger partial charge >= 0.3 is 0 Å². The summed E-state index contributed by atoms with van der Waals surface area (Å²) in [6.07, 6.45) is 3.38. The molecule has 0 atom stereocenters. The van der Waals surface area contributed by atoms with Crippen LogP contribution in [0.3, 0.4) is 0 Å². The number of hydrogen-bond donors (Lipinski definition) is 0. The van der Waals surface area contributed by atoms with E-state index in [4.69, 9.17) is 4.74 Å². The van der Waals surface area contributed by atoms with E-state index in [2.05, 4.69) is 4.98 Å². The largest absolute Gasteiger partial charge is 0.487 e. The van der Waals surface area contributed by atoms with Crippen molar-refractivity contribution < 1.29 is 9.53 Å². The Bertz CT molecular complexity index is 664. The summed E-state index contributed by atoms with van der Waals surface area (Å²) in [6.45, 7) is 5.07. The topological polar surface area (TPSA) is 42.4 Å². The Balaban J connectivity index is 1.97. The minimum Gasteiger partial charge on any atom is -0.487 e. The van der Waals surface area contributed by atoms with Gasteiger partial charge in [0.1, 0.15) is 12.4 Å². The molecule has 0 spiro atoms.